The summed E-state index contributed by atoms with van der Waals surface area (Å²) in [7, 11) is 0. The van der Waals surface area contributed by atoms with Crippen LogP contribution in [0.1, 0.15) is 31.6 Å². The number of imidazole rings is 1. The molecular weight excluding hydrogens is 440 g/mol. The first-order valence-corrected chi connectivity index (χ1v) is 11.7. The molecule has 2 heterocycles. The lowest BCUT2D eigenvalue weighted by atomic mass is 10.1. The van der Waals surface area contributed by atoms with Gasteiger partial charge in [0.2, 0.25) is 17.8 Å². The van der Waals surface area contributed by atoms with Gasteiger partial charge in [-0.15, -0.1) is 0 Å². The highest BCUT2D eigenvalue weighted by atomic mass is 16.3. The minimum absolute atomic E-state index is 0.0986. The predicted octanol–water partition coefficient (Wildman–Crippen LogP) is 5.45. The number of nitrogens with one attached hydrogen (secondary N) is 1. The number of carbonyl (C=O) groups excluding carboxylic acids is 2. The van der Waals surface area contributed by atoms with Crippen molar-refractivity contribution < 1.29 is 14.0 Å². The highest BCUT2D eigenvalue weighted by molar-refractivity contribution is 5.94. The maximum atomic E-state index is 13.1. The van der Waals surface area contributed by atoms with Crippen molar-refractivity contribution in [1.29, 1.82) is 0 Å². The quantitative estimate of drug-likeness (QED) is 0.353. The summed E-state index contributed by atoms with van der Waals surface area (Å²) < 4.78 is 7.28. The first-order valence-electron chi connectivity index (χ1n) is 11.7. The Hall–Kier alpha value is -4.13. The maximum Gasteiger partial charge on any atom is 0.246 e. The Morgan fingerprint density at radius 1 is 1.06 bits per heavy atom. The van der Waals surface area contributed by atoms with Gasteiger partial charge in [-0.1, -0.05) is 56.3 Å². The molecule has 2 amide bonds. The molecule has 0 unspecified atom stereocenters. The van der Waals surface area contributed by atoms with Crippen LogP contribution in [-0.4, -0.2) is 32.8 Å². The van der Waals surface area contributed by atoms with Gasteiger partial charge >= 0.3 is 0 Å². The molecule has 0 saturated heterocycles. The van der Waals surface area contributed by atoms with Crippen LogP contribution in [0.5, 0.6) is 0 Å². The molecule has 0 fully saturated rings. The molecule has 0 saturated carbocycles. The van der Waals surface area contributed by atoms with E-state index < -0.39 is 0 Å². The first-order chi connectivity index (χ1) is 16.9. The summed E-state index contributed by atoms with van der Waals surface area (Å²) in [5.74, 6) is 0.779. The van der Waals surface area contributed by atoms with Crippen molar-refractivity contribution in [1.82, 2.24) is 14.5 Å². The molecule has 4 aromatic rings. The Morgan fingerprint density at radius 2 is 1.86 bits per heavy atom. The van der Waals surface area contributed by atoms with E-state index in [1.54, 1.807) is 18.4 Å². The second kappa shape index (κ2) is 10.9. The zero-order chi connectivity index (χ0) is 24.8. The molecular formula is C28H30N4O3. The second-order valence-corrected chi connectivity index (χ2v) is 9.00. The van der Waals surface area contributed by atoms with Gasteiger partial charge in [0, 0.05) is 23.9 Å². The molecule has 1 N–H and O–H groups in total. The SMILES string of the molecule is Cc1cccc(-n2cc(-c3ccccc3)nc2NC(=O)CN(Cc2ccco2)C(=O)CC(C)C)c1. The second-order valence-electron chi connectivity index (χ2n) is 9.00. The predicted molar refractivity (Wildman–Crippen MR) is 136 cm³/mol. The Labute approximate surface area is 205 Å². The Bertz CT molecular complexity index is 1280. The molecule has 7 heteroatoms. The highest BCUT2D eigenvalue weighted by Gasteiger charge is 2.21. The van der Waals surface area contributed by atoms with E-state index in [0.29, 0.717) is 18.1 Å². The molecule has 2 aromatic carbocycles. The highest BCUT2D eigenvalue weighted by Crippen LogP contribution is 2.25. The smallest absolute Gasteiger partial charge is 0.246 e. The number of amides is 2. The zero-order valence-electron chi connectivity index (χ0n) is 20.3. The molecule has 35 heavy (non-hydrogen) atoms. The van der Waals surface area contributed by atoms with Crippen LogP contribution in [0, 0.1) is 12.8 Å². The molecule has 0 spiro atoms. The molecule has 180 valence electrons. The fourth-order valence-electron chi connectivity index (χ4n) is 3.83. The standard InChI is InChI=1S/C28H30N4O3/c1-20(2)15-27(34)31(17-24-13-8-14-35-24)19-26(33)30-28-29-25(22-10-5-4-6-11-22)18-32(28)23-12-7-9-21(3)16-23/h4-14,16,18,20H,15,17,19H2,1-3H3,(H,29,30,33). The molecule has 0 aliphatic rings. The number of anilines is 1. The number of furan rings is 1. The average molecular weight is 471 g/mol. The van der Waals surface area contributed by atoms with Crippen molar-refractivity contribution in [2.24, 2.45) is 5.92 Å². The lowest BCUT2D eigenvalue weighted by molar-refractivity contribution is -0.136. The number of hydrogen-bond donors (Lipinski definition) is 1. The fourth-order valence-corrected chi connectivity index (χ4v) is 3.83. The van der Waals surface area contributed by atoms with Gasteiger partial charge in [0.05, 0.1) is 18.5 Å². The summed E-state index contributed by atoms with van der Waals surface area (Å²) in [5, 5.41) is 2.93. The van der Waals surface area contributed by atoms with E-state index in [-0.39, 0.29) is 30.8 Å². The van der Waals surface area contributed by atoms with E-state index in [9.17, 15) is 9.59 Å². The summed E-state index contributed by atoms with van der Waals surface area (Å²) >= 11 is 0. The van der Waals surface area contributed by atoms with E-state index in [0.717, 1.165) is 22.5 Å². The summed E-state index contributed by atoms with van der Waals surface area (Å²) in [4.78, 5) is 32.2. The van der Waals surface area contributed by atoms with Gasteiger partial charge in [-0.3, -0.25) is 19.5 Å². The molecule has 2 aromatic heterocycles. The van der Waals surface area contributed by atoms with Crippen molar-refractivity contribution in [3.63, 3.8) is 0 Å². The van der Waals surface area contributed by atoms with Crippen molar-refractivity contribution in [2.75, 3.05) is 11.9 Å². The number of aromatic nitrogens is 2. The van der Waals surface area contributed by atoms with Crippen LogP contribution < -0.4 is 5.32 Å². The van der Waals surface area contributed by atoms with Crippen LogP contribution in [0.25, 0.3) is 16.9 Å². The molecule has 7 nitrogen and oxygen atoms in total. The molecule has 0 aliphatic carbocycles. The van der Waals surface area contributed by atoms with Gasteiger partial charge in [0.15, 0.2) is 0 Å². The normalized spacial score (nSPS) is 11.0. The third-order valence-electron chi connectivity index (χ3n) is 5.50. The third kappa shape index (κ3) is 6.26. The number of aryl methyl sites for hydroxylation is 1. The summed E-state index contributed by atoms with van der Waals surface area (Å²) in [6, 6.07) is 21.3. The van der Waals surface area contributed by atoms with Crippen LogP contribution >= 0.6 is 0 Å². The van der Waals surface area contributed by atoms with Gasteiger partial charge < -0.3 is 9.32 Å². The summed E-state index contributed by atoms with van der Waals surface area (Å²) in [5.41, 5.74) is 3.67. The van der Waals surface area contributed by atoms with E-state index in [4.69, 9.17) is 9.40 Å². The summed E-state index contributed by atoms with van der Waals surface area (Å²) in [6.45, 7) is 6.10. The molecule has 0 bridgehead atoms. The minimum Gasteiger partial charge on any atom is -0.467 e. The minimum atomic E-state index is -0.326. The van der Waals surface area contributed by atoms with E-state index in [1.807, 2.05) is 86.1 Å². The lowest BCUT2D eigenvalue weighted by Crippen LogP contribution is -2.38. The van der Waals surface area contributed by atoms with Gasteiger partial charge in [-0.2, -0.15) is 0 Å². The van der Waals surface area contributed by atoms with Gasteiger partial charge in [0.25, 0.3) is 0 Å². The van der Waals surface area contributed by atoms with Crippen LogP contribution in [-0.2, 0) is 16.1 Å². The number of rotatable bonds is 9. The number of hydrogen-bond acceptors (Lipinski definition) is 4. The zero-order valence-corrected chi connectivity index (χ0v) is 20.3. The van der Waals surface area contributed by atoms with Crippen LogP contribution in [0.3, 0.4) is 0 Å². The van der Waals surface area contributed by atoms with Gasteiger partial charge in [-0.25, -0.2) is 4.98 Å². The molecule has 0 atom stereocenters. The van der Waals surface area contributed by atoms with Crippen LogP contribution in [0.4, 0.5) is 5.95 Å². The largest absolute Gasteiger partial charge is 0.467 e. The lowest BCUT2D eigenvalue weighted by Gasteiger charge is -2.22. The van der Waals surface area contributed by atoms with E-state index >= 15 is 0 Å². The van der Waals surface area contributed by atoms with Crippen LogP contribution in [0.2, 0.25) is 0 Å². The van der Waals surface area contributed by atoms with E-state index in [2.05, 4.69) is 5.32 Å². The van der Waals surface area contributed by atoms with Gasteiger partial charge in [0.1, 0.15) is 12.3 Å². The number of carbonyl (C=O) groups is 2. The van der Waals surface area contributed by atoms with Crippen molar-refractivity contribution >= 4 is 17.8 Å². The topological polar surface area (TPSA) is 80.4 Å². The Balaban J connectivity index is 1.60. The monoisotopic (exact) mass is 470 g/mol. The molecule has 4 rings (SSSR count). The fraction of sp³-hybridized carbons (Fsp3) is 0.250. The van der Waals surface area contributed by atoms with Crippen molar-refractivity contribution in [3.05, 3.63) is 90.5 Å². The third-order valence-corrected chi connectivity index (χ3v) is 5.50. The van der Waals surface area contributed by atoms with Crippen molar-refractivity contribution in [3.8, 4) is 16.9 Å². The number of nitrogens with zero attached hydrogens (tertiary/aromatic N) is 3. The van der Waals surface area contributed by atoms with Crippen LogP contribution in [0.15, 0.2) is 83.6 Å². The van der Waals surface area contributed by atoms with Gasteiger partial charge in [-0.05, 0) is 42.7 Å². The Kier molecular flexibility index (Phi) is 7.45. The molecule has 0 radical (unpaired) electrons. The maximum absolute atomic E-state index is 13.1. The first kappa shape index (κ1) is 24.0. The molecule has 0 aliphatic heterocycles. The average Bonchev–Trinajstić information content (AvgIpc) is 3.49. The van der Waals surface area contributed by atoms with E-state index in [1.165, 1.54) is 4.90 Å². The number of benzene rings is 2. The van der Waals surface area contributed by atoms with Crippen molar-refractivity contribution in [2.45, 2.75) is 33.7 Å². The Morgan fingerprint density at radius 3 is 2.54 bits per heavy atom. The summed E-state index contributed by atoms with van der Waals surface area (Å²) in [6.07, 6.45) is 3.82.